The zero-order chi connectivity index (χ0) is 23.3. The average molecular weight is 479 g/mol. The van der Waals surface area contributed by atoms with Crippen molar-refractivity contribution in [2.75, 3.05) is 25.0 Å². The lowest BCUT2D eigenvalue weighted by Gasteiger charge is -2.27. The summed E-state index contributed by atoms with van der Waals surface area (Å²) >= 11 is 1.56. The highest BCUT2D eigenvalue weighted by atomic mass is 32.2. The van der Waals surface area contributed by atoms with E-state index in [-0.39, 0.29) is 35.2 Å². The molecular weight excluding hydrogens is 448 g/mol. The van der Waals surface area contributed by atoms with Crippen LogP contribution < -0.4 is 10.1 Å². The zero-order valence-electron chi connectivity index (χ0n) is 18.8. The van der Waals surface area contributed by atoms with Crippen LogP contribution in [0.2, 0.25) is 0 Å². The first-order valence-corrected chi connectivity index (χ1v) is 13.1. The number of sulfonamides is 1. The predicted octanol–water partition coefficient (Wildman–Crippen LogP) is 4.54. The van der Waals surface area contributed by atoms with Gasteiger partial charge in [0.15, 0.2) is 5.78 Å². The van der Waals surface area contributed by atoms with Crippen molar-refractivity contribution < 1.29 is 22.7 Å². The zero-order valence-corrected chi connectivity index (χ0v) is 20.4. The highest BCUT2D eigenvalue weighted by molar-refractivity contribution is 7.89. The summed E-state index contributed by atoms with van der Waals surface area (Å²) in [4.78, 5) is 27.0. The number of ketones is 1. The second-order valence-electron chi connectivity index (χ2n) is 7.86. The van der Waals surface area contributed by atoms with Gasteiger partial charge in [-0.1, -0.05) is 6.42 Å². The molecule has 7 nitrogen and oxygen atoms in total. The summed E-state index contributed by atoms with van der Waals surface area (Å²) in [5, 5.41) is 2.73. The Morgan fingerprint density at radius 3 is 2.44 bits per heavy atom. The monoisotopic (exact) mass is 478 g/mol. The van der Waals surface area contributed by atoms with Gasteiger partial charge in [-0.25, -0.2) is 8.42 Å². The number of piperidine rings is 1. The standard InChI is InChI=1S/C23H30N2O5S2/c1-4-30-21-10-8-18(15-22(21)32(28,29)25-12-6-5-7-13-25)24-23(27)11-9-20(26)19-14-16(2)31-17(19)3/h8,10,14-15H,4-7,9,11-13H2,1-3H3,(H,24,27). The van der Waals surface area contributed by atoms with Crippen LogP contribution in [0.5, 0.6) is 5.75 Å². The molecule has 2 aromatic rings. The van der Waals surface area contributed by atoms with E-state index in [9.17, 15) is 18.0 Å². The van der Waals surface area contributed by atoms with Crippen molar-refractivity contribution >= 4 is 38.7 Å². The number of nitrogens with one attached hydrogen (secondary N) is 1. The molecule has 9 heteroatoms. The molecule has 0 atom stereocenters. The molecule has 174 valence electrons. The summed E-state index contributed by atoms with van der Waals surface area (Å²) in [5.74, 6) is -0.134. The van der Waals surface area contributed by atoms with Crippen molar-refractivity contribution in [1.29, 1.82) is 0 Å². The van der Waals surface area contributed by atoms with Crippen LogP contribution in [0.1, 0.15) is 59.1 Å². The number of Topliss-reactive ketones (excluding diaryl/α,β-unsaturated/α-hetero) is 1. The highest BCUT2D eigenvalue weighted by Gasteiger charge is 2.29. The van der Waals surface area contributed by atoms with Gasteiger partial charge in [-0.15, -0.1) is 11.3 Å². The molecule has 0 saturated carbocycles. The van der Waals surface area contributed by atoms with Crippen LogP contribution in [0.4, 0.5) is 5.69 Å². The normalized spacial score (nSPS) is 14.8. The van der Waals surface area contributed by atoms with Crippen molar-refractivity contribution in [2.24, 2.45) is 0 Å². The Labute approximate surface area is 193 Å². The smallest absolute Gasteiger partial charge is 0.246 e. The first kappa shape index (κ1) is 24.4. The number of thiophene rings is 1. The first-order chi connectivity index (χ1) is 15.2. The van der Waals surface area contributed by atoms with Crippen molar-refractivity contribution in [3.8, 4) is 5.75 Å². The van der Waals surface area contributed by atoms with Crippen molar-refractivity contribution in [3.05, 3.63) is 39.6 Å². The van der Waals surface area contributed by atoms with E-state index in [2.05, 4.69) is 5.32 Å². The number of aryl methyl sites for hydroxylation is 2. The Bertz CT molecular complexity index is 1090. The third-order valence-electron chi connectivity index (χ3n) is 5.38. The fourth-order valence-electron chi connectivity index (χ4n) is 3.80. The number of benzene rings is 1. The van der Waals surface area contributed by atoms with Crippen LogP contribution in [0, 0.1) is 13.8 Å². The third kappa shape index (κ3) is 5.76. The largest absolute Gasteiger partial charge is 0.492 e. The Morgan fingerprint density at radius 1 is 1.09 bits per heavy atom. The van der Waals surface area contributed by atoms with Gasteiger partial charge in [0.2, 0.25) is 15.9 Å². The molecule has 0 radical (unpaired) electrons. The minimum atomic E-state index is -3.73. The van der Waals surface area contributed by atoms with Crippen LogP contribution in [-0.4, -0.2) is 44.1 Å². The summed E-state index contributed by atoms with van der Waals surface area (Å²) < 4.78 is 33.5. The fourth-order valence-corrected chi connectivity index (χ4v) is 6.42. The lowest BCUT2D eigenvalue weighted by molar-refractivity contribution is -0.116. The Kier molecular flexibility index (Phi) is 8.08. The molecule has 1 aromatic carbocycles. The molecule has 1 N–H and O–H groups in total. The Morgan fingerprint density at radius 2 is 1.81 bits per heavy atom. The van der Waals surface area contributed by atoms with Crippen LogP contribution >= 0.6 is 11.3 Å². The maximum atomic E-state index is 13.2. The second kappa shape index (κ2) is 10.6. The molecule has 1 fully saturated rings. The molecule has 0 bridgehead atoms. The molecule has 1 saturated heterocycles. The van der Waals surface area contributed by atoms with E-state index in [1.807, 2.05) is 19.9 Å². The number of amides is 1. The van der Waals surface area contributed by atoms with Gasteiger partial charge in [-0.2, -0.15) is 4.31 Å². The van der Waals surface area contributed by atoms with Gasteiger partial charge in [0, 0.05) is 46.9 Å². The van der Waals surface area contributed by atoms with E-state index in [0.717, 1.165) is 29.0 Å². The summed E-state index contributed by atoms with van der Waals surface area (Å²) in [5.41, 5.74) is 1.03. The van der Waals surface area contributed by atoms with E-state index < -0.39 is 10.0 Å². The summed E-state index contributed by atoms with van der Waals surface area (Å²) in [7, 11) is -3.73. The van der Waals surface area contributed by atoms with Gasteiger partial charge >= 0.3 is 0 Å². The van der Waals surface area contributed by atoms with Crippen molar-refractivity contribution in [3.63, 3.8) is 0 Å². The molecule has 32 heavy (non-hydrogen) atoms. The quantitative estimate of drug-likeness (QED) is 0.534. The molecule has 2 heterocycles. The fraction of sp³-hybridized carbons (Fsp3) is 0.478. The van der Waals surface area contributed by atoms with Gasteiger partial charge < -0.3 is 10.1 Å². The number of ether oxygens (including phenoxy) is 1. The van der Waals surface area contributed by atoms with Gasteiger partial charge in [0.1, 0.15) is 10.6 Å². The molecule has 1 aliphatic heterocycles. The predicted molar refractivity (Wildman–Crippen MR) is 126 cm³/mol. The molecular formula is C23H30N2O5S2. The van der Waals surface area contributed by atoms with Crippen molar-refractivity contribution in [2.45, 2.75) is 57.8 Å². The van der Waals surface area contributed by atoms with Crippen LogP contribution in [-0.2, 0) is 14.8 Å². The molecule has 0 unspecified atom stereocenters. The Balaban J connectivity index is 1.72. The molecule has 1 aliphatic rings. The van der Waals surface area contributed by atoms with Gasteiger partial charge in [-0.05, 0) is 57.9 Å². The lowest BCUT2D eigenvalue weighted by Crippen LogP contribution is -2.35. The van der Waals surface area contributed by atoms with Gasteiger partial charge in [-0.3, -0.25) is 9.59 Å². The summed E-state index contributed by atoms with van der Waals surface area (Å²) in [6, 6.07) is 6.48. The third-order valence-corrected chi connectivity index (χ3v) is 8.27. The number of carbonyl (C=O) groups is 2. The molecule has 3 rings (SSSR count). The van der Waals surface area contributed by atoms with E-state index in [4.69, 9.17) is 4.74 Å². The van der Waals surface area contributed by atoms with Gasteiger partial charge in [0.05, 0.1) is 6.61 Å². The summed E-state index contributed by atoms with van der Waals surface area (Å²) in [6.45, 7) is 6.93. The maximum absolute atomic E-state index is 13.2. The van der Waals surface area contributed by atoms with E-state index in [0.29, 0.717) is 30.9 Å². The number of carbonyl (C=O) groups excluding carboxylic acids is 2. The minimum Gasteiger partial charge on any atom is -0.492 e. The number of anilines is 1. The van der Waals surface area contributed by atoms with E-state index in [1.165, 1.54) is 10.4 Å². The van der Waals surface area contributed by atoms with Crippen LogP contribution in [0.15, 0.2) is 29.2 Å². The maximum Gasteiger partial charge on any atom is 0.246 e. The molecule has 1 amide bonds. The number of rotatable bonds is 9. The molecule has 1 aromatic heterocycles. The molecule has 0 spiro atoms. The Hall–Kier alpha value is -2.23. The topological polar surface area (TPSA) is 92.8 Å². The number of hydrogen-bond donors (Lipinski definition) is 1. The van der Waals surface area contributed by atoms with Crippen molar-refractivity contribution in [1.82, 2.24) is 4.31 Å². The SMILES string of the molecule is CCOc1ccc(NC(=O)CCC(=O)c2cc(C)sc2C)cc1S(=O)(=O)N1CCCCC1. The first-order valence-electron chi connectivity index (χ1n) is 10.9. The van der Waals surface area contributed by atoms with Crippen LogP contribution in [0.3, 0.4) is 0 Å². The minimum absolute atomic E-state index is 0.0224. The lowest BCUT2D eigenvalue weighted by atomic mass is 10.1. The summed E-state index contributed by atoms with van der Waals surface area (Å²) in [6.07, 6.45) is 2.80. The highest BCUT2D eigenvalue weighted by Crippen LogP contribution is 2.31. The van der Waals surface area contributed by atoms with E-state index >= 15 is 0 Å². The molecule has 0 aliphatic carbocycles. The average Bonchev–Trinajstić information content (AvgIpc) is 3.11. The van der Waals surface area contributed by atoms with Gasteiger partial charge in [0.25, 0.3) is 0 Å². The number of hydrogen-bond acceptors (Lipinski definition) is 6. The van der Waals surface area contributed by atoms with Crippen LogP contribution in [0.25, 0.3) is 0 Å². The number of nitrogens with zero attached hydrogens (tertiary/aromatic N) is 1. The van der Waals surface area contributed by atoms with E-state index in [1.54, 1.807) is 30.4 Å². The second-order valence-corrected chi connectivity index (χ2v) is 11.2.